The molecule has 168 valence electrons. The number of nitrogens with zero attached hydrogens (tertiary/aromatic N) is 2. The summed E-state index contributed by atoms with van der Waals surface area (Å²) in [5.74, 6) is 0.857. The zero-order valence-electron chi connectivity index (χ0n) is 18.6. The minimum Gasteiger partial charge on any atom is -0.493 e. The Kier molecular flexibility index (Phi) is 7.21. The summed E-state index contributed by atoms with van der Waals surface area (Å²) in [6.07, 6.45) is -0.220. The maximum Gasteiger partial charge on any atom is 0.307 e. The quantitative estimate of drug-likeness (QED) is 0.613. The number of esters is 1. The Balaban J connectivity index is 1.91. The van der Waals surface area contributed by atoms with Crippen LogP contribution in [-0.2, 0) is 20.7 Å². The molecular formula is C24H26N2O6. The average molecular weight is 438 g/mol. The van der Waals surface area contributed by atoms with Gasteiger partial charge in [0.05, 0.1) is 45.4 Å². The van der Waals surface area contributed by atoms with Crippen molar-refractivity contribution in [2.24, 2.45) is 0 Å². The largest absolute Gasteiger partial charge is 0.493 e. The second-order valence-electron chi connectivity index (χ2n) is 7.38. The van der Waals surface area contributed by atoms with Crippen LogP contribution in [0, 0.1) is 11.3 Å². The second kappa shape index (κ2) is 10.1. The van der Waals surface area contributed by atoms with Gasteiger partial charge in [-0.05, 0) is 54.8 Å². The van der Waals surface area contributed by atoms with Crippen LogP contribution in [0.1, 0.15) is 36.1 Å². The second-order valence-corrected chi connectivity index (χ2v) is 7.38. The van der Waals surface area contributed by atoms with Crippen molar-refractivity contribution in [1.82, 2.24) is 4.90 Å². The summed E-state index contributed by atoms with van der Waals surface area (Å²) >= 11 is 0. The molecule has 0 fully saturated rings. The zero-order chi connectivity index (χ0) is 23.3. The van der Waals surface area contributed by atoms with E-state index in [4.69, 9.17) is 24.2 Å². The van der Waals surface area contributed by atoms with Crippen molar-refractivity contribution in [3.8, 4) is 23.3 Å². The van der Waals surface area contributed by atoms with E-state index in [1.165, 1.54) is 14.2 Å². The summed E-state index contributed by atoms with van der Waals surface area (Å²) in [7, 11) is 4.42. The van der Waals surface area contributed by atoms with Gasteiger partial charge in [0, 0.05) is 6.54 Å². The Morgan fingerprint density at radius 2 is 1.88 bits per heavy atom. The first-order chi connectivity index (χ1) is 15.4. The average Bonchev–Trinajstić information content (AvgIpc) is 2.82. The Labute approximate surface area is 187 Å². The molecule has 0 saturated heterocycles. The molecular weight excluding hydrogens is 412 g/mol. The van der Waals surface area contributed by atoms with Gasteiger partial charge in [0.1, 0.15) is 5.75 Å². The van der Waals surface area contributed by atoms with Gasteiger partial charge in [0.25, 0.3) is 5.91 Å². The molecule has 8 nitrogen and oxygen atoms in total. The van der Waals surface area contributed by atoms with Gasteiger partial charge in [-0.25, -0.2) is 0 Å². The van der Waals surface area contributed by atoms with E-state index in [2.05, 4.69) is 6.07 Å². The van der Waals surface area contributed by atoms with Crippen LogP contribution < -0.4 is 14.2 Å². The van der Waals surface area contributed by atoms with E-state index in [0.717, 1.165) is 11.1 Å². The van der Waals surface area contributed by atoms with E-state index in [-0.39, 0.29) is 12.3 Å². The molecule has 0 radical (unpaired) electrons. The smallest absolute Gasteiger partial charge is 0.307 e. The van der Waals surface area contributed by atoms with Crippen molar-refractivity contribution in [1.29, 1.82) is 5.26 Å². The molecule has 3 rings (SSSR count). The van der Waals surface area contributed by atoms with Crippen LogP contribution in [-0.4, -0.2) is 50.8 Å². The molecule has 2 atom stereocenters. The summed E-state index contributed by atoms with van der Waals surface area (Å²) in [6, 6.07) is 11.8. The topological polar surface area (TPSA) is 98.1 Å². The summed E-state index contributed by atoms with van der Waals surface area (Å²) in [5.41, 5.74) is 2.24. The molecule has 32 heavy (non-hydrogen) atoms. The van der Waals surface area contributed by atoms with E-state index in [0.29, 0.717) is 35.8 Å². The van der Waals surface area contributed by atoms with E-state index in [1.54, 1.807) is 43.2 Å². The number of ether oxygens (including phenoxy) is 4. The van der Waals surface area contributed by atoms with Gasteiger partial charge in [0.2, 0.25) is 0 Å². The van der Waals surface area contributed by atoms with Crippen molar-refractivity contribution >= 4 is 11.9 Å². The molecule has 8 heteroatoms. The molecule has 0 bridgehead atoms. The van der Waals surface area contributed by atoms with Crippen LogP contribution in [0.15, 0.2) is 36.4 Å². The molecule has 2 unspecified atom stereocenters. The van der Waals surface area contributed by atoms with E-state index < -0.39 is 18.1 Å². The normalized spacial score (nSPS) is 15.7. The lowest BCUT2D eigenvalue weighted by molar-refractivity contribution is -0.146. The van der Waals surface area contributed by atoms with Crippen LogP contribution >= 0.6 is 0 Å². The molecule has 0 spiro atoms. The lowest BCUT2D eigenvalue weighted by Gasteiger charge is -2.38. The number of carbonyl (C=O) groups is 2. The third-order valence-corrected chi connectivity index (χ3v) is 5.50. The Bertz CT molecular complexity index is 1050. The van der Waals surface area contributed by atoms with E-state index in [1.807, 2.05) is 12.1 Å². The fourth-order valence-electron chi connectivity index (χ4n) is 3.88. The van der Waals surface area contributed by atoms with Gasteiger partial charge < -0.3 is 23.8 Å². The van der Waals surface area contributed by atoms with Crippen LogP contribution in [0.4, 0.5) is 0 Å². The van der Waals surface area contributed by atoms with Crippen LogP contribution in [0.3, 0.4) is 0 Å². The number of hydrogen-bond acceptors (Lipinski definition) is 7. The summed E-state index contributed by atoms with van der Waals surface area (Å²) < 4.78 is 21.5. The highest BCUT2D eigenvalue weighted by molar-refractivity contribution is 5.83. The van der Waals surface area contributed by atoms with E-state index >= 15 is 0 Å². The minimum absolute atomic E-state index is 0.00135. The van der Waals surface area contributed by atoms with Gasteiger partial charge in [-0.1, -0.05) is 6.07 Å². The van der Waals surface area contributed by atoms with Crippen LogP contribution in [0.5, 0.6) is 17.2 Å². The summed E-state index contributed by atoms with van der Waals surface area (Å²) in [6.45, 7) is 2.07. The molecule has 1 amide bonds. The fraction of sp³-hybridized carbons (Fsp3) is 0.375. The molecule has 1 heterocycles. The highest BCUT2D eigenvalue weighted by Gasteiger charge is 2.36. The Morgan fingerprint density at radius 1 is 1.16 bits per heavy atom. The van der Waals surface area contributed by atoms with Gasteiger partial charge >= 0.3 is 5.97 Å². The van der Waals surface area contributed by atoms with E-state index in [9.17, 15) is 9.59 Å². The van der Waals surface area contributed by atoms with Crippen molar-refractivity contribution in [3.05, 3.63) is 53.1 Å². The number of benzene rings is 2. The van der Waals surface area contributed by atoms with Gasteiger partial charge in [0.15, 0.2) is 17.6 Å². The predicted molar refractivity (Wildman–Crippen MR) is 116 cm³/mol. The Hall–Kier alpha value is -3.73. The SMILES string of the molecule is COC(=O)CC1c2cc(OC)c(OC)cc2CCN1C(=O)C(C)Oc1cccc(C#N)c1. The number of nitriles is 1. The third-order valence-electron chi connectivity index (χ3n) is 5.50. The highest BCUT2D eigenvalue weighted by atomic mass is 16.5. The zero-order valence-corrected chi connectivity index (χ0v) is 18.6. The number of rotatable bonds is 7. The minimum atomic E-state index is -0.814. The lowest BCUT2D eigenvalue weighted by atomic mass is 9.89. The van der Waals surface area contributed by atoms with Crippen LogP contribution in [0.2, 0.25) is 0 Å². The molecule has 0 N–H and O–H groups in total. The number of hydrogen-bond donors (Lipinski definition) is 0. The number of carbonyl (C=O) groups excluding carboxylic acids is 2. The van der Waals surface area contributed by atoms with Gasteiger partial charge in [-0.3, -0.25) is 9.59 Å². The molecule has 2 aromatic carbocycles. The first kappa shape index (κ1) is 22.9. The maximum absolute atomic E-state index is 13.4. The monoisotopic (exact) mass is 438 g/mol. The standard InChI is InChI=1S/C24H26N2O6/c1-15(32-18-7-5-6-16(10-18)14-25)24(28)26-9-8-17-11-21(29-2)22(30-3)12-19(17)20(26)13-23(27)31-4/h5-7,10-12,15,20H,8-9,13H2,1-4H3. The summed E-state index contributed by atoms with van der Waals surface area (Å²) in [5, 5.41) is 9.08. The predicted octanol–water partition coefficient (Wildman–Crippen LogP) is 3.03. The highest BCUT2D eigenvalue weighted by Crippen LogP contribution is 2.40. The van der Waals surface area contributed by atoms with Crippen molar-refractivity contribution in [2.75, 3.05) is 27.9 Å². The molecule has 2 aromatic rings. The molecule has 1 aliphatic rings. The first-order valence-electron chi connectivity index (χ1n) is 10.2. The fourth-order valence-corrected chi connectivity index (χ4v) is 3.88. The molecule has 0 saturated carbocycles. The Morgan fingerprint density at radius 3 is 2.53 bits per heavy atom. The lowest BCUT2D eigenvalue weighted by Crippen LogP contribution is -2.46. The molecule has 1 aliphatic heterocycles. The molecule has 0 aromatic heterocycles. The van der Waals surface area contributed by atoms with Crippen LogP contribution in [0.25, 0.3) is 0 Å². The number of methoxy groups -OCH3 is 3. The van der Waals surface area contributed by atoms with Gasteiger partial charge in [-0.15, -0.1) is 0 Å². The molecule has 0 aliphatic carbocycles. The number of fused-ring (bicyclic) bond motifs is 1. The maximum atomic E-state index is 13.4. The van der Waals surface area contributed by atoms with Crippen molar-refractivity contribution in [2.45, 2.75) is 31.9 Å². The summed E-state index contributed by atoms with van der Waals surface area (Å²) in [4.78, 5) is 27.2. The third kappa shape index (κ3) is 4.78. The van der Waals surface area contributed by atoms with Crippen molar-refractivity contribution in [3.63, 3.8) is 0 Å². The number of amides is 1. The first-order valence-corrected chi connectivity index (χ1v) is 10.2. The van der Waals surface area contributed by atoms with Gasteiger partial charge in [-0.2, -0.15) is 5.26 Å². The van der Waals surface area contributed by atoms with Crippen molar-refractivity contribution < 1.29 is 28.5 Å².